The number of ether oxygens (including phenoxy) is 2. The van der Waals surface area contributed by atoms with Crippen LogP contribution in [0.3, 0.4) is 0 Å². The second-order valence-electron chi connectivity index (χ2n) is 5.19. The molecule has 0 amide bonds. The fourth-order valence-corrected chi connectivity index (χ4v) is 2.33. The molecule has 0 N–H and O–H groups in total. The Morgan fingerprint density at radius 2 is 2.25 bits per heavy atom. The average molecular weight is 279 g/mol. The van der Waals surface area contributed by atoms with Gasteiger partial charge in [-0.25, -0.2) is 0 Å². The molecule has 1 fully saturated rings. The zero-order chi connectivity index (χ0) is 14.5. The van der Waals surface area contributed by atoms with Crippen molar-refractivity contribution in [2.75, 3.05) is 25.1 Å². The van der Waals surface area contributed by atoms with E-state index in [9.17, 15) is 4.79 Å². The van der Waals surface area contributed by atoms with Gasteiger partial charge < -0.3 is 14.4 Å². The second-order valence-corrected chi connectivity index (χ2v) is 5.19. The molecule has 20 heavy (non-hydrogen) atoms. The maximum Gasteiger partial charge on any atom is 0.310 e. The van der Waals surface area contributed by atoms with E-state index in [0.29, 0.717) is 12.4 Å². The molecule has 0 saturated carbocycles. The number of piperidine rings is 1. The van der Waals surface area contributed by atoms with Gasteiger partial charge in [-0.15, -0.1) is 0 Å². The number of nitrogens with zero attached hydrogens (tertiary/aromatic N) is 3. The van der Waals surface area contributed by atoms with Crippen LogP contribution in [0.5, 0.6) is 5.88 Å². The van der Waals surface area contributed by atoms with Crippen molar-refractivity contribution < 1.29 is 14.3 Å². The summed E-state index contributed by atoms with van der Waals surface area (Å²) in [6.07, 6.45) is 5.16. The smallest absolute Gasteiger partial charge is 0.310 e. The van der Waals surface area contributed by atoms with E-state index in [1.165, 1.54) is 7.11 Å². The standard InChI is InChI=1S/C14H21N3O3/c1-10(2)20-13-8-15-7-12(16-13)17-6-4-5-11(9-17)14(18)19-3/h7-8,10-11H,4-6,9H2,1-3H3. The molecule has 2 rings (SSSR count). The van der Waals surface area contributed by atoms with Crippen LogP contribution in [-0.4, -0.2) is 42.2 Å². The number of hydrogen-bond donors (Lipinski definition) is 0. The lowest BCUT2D eigenvalue weighted by Crippen LogP contribution is -2.39. The van der Waals surface area contributed by atoms with Gasteiger partial charge in [-0.2, -0.15) is 4.98 Å². The Hall–Kier alpha value is -1.85. The molecular weight excluding hydrogens is 258 g/mol. The Bertz CT molecular complexity index is 465. The highest BCUT2D eigenvalue weighted by molar-refractivity contribution is 5.73. The molecule has 0 radical (unpaired) electrons. The van der Waals surface area contributed by atoms with Crippen molar-refractivity contribution in [2.24, 2.45) is 5.92 Å². The van der Waals surface area contributed by atoms with Crippen molar-refractivity contribution >= 4 is 11.8 Å². The highest BCUT2D eigenvalue weighted by atomic mass is 16.5. The number of rotatable bonds is 4. The molecule has 1 aromatic heterocycles. The van der Waals surface area contributed by atoms with Gasteiger partial charge in [0.05, 0.1) is 31.5 Å². The summed E-state index contributed by atoms with van der Waals surface area (Å²) < 4.78 is 10.4. The summed E-state index contributed by atoms with van der Waals surface area (Å²) in [5.74, 6) is 1.01. The van der Waals surface area contributed by atoms with Crippen LogP contribution in [0, 0.1) is 5.92 Å². The van der Waals surface area contributed by atoms with Crippen molar-refractivity contribution in [3.05, 3.63) is 12.4 Å². The maximum absolute atomic E-state index is 11.6. The van der Waals surface area contributed by atoms with Gasteiger partial charge in [0, 0.05) is 13.1 Å². The lowest BCUT2D eigenvalue weighted by atomic mass is 9.98. The lowest BCUT2D eigenvalue weighted by molar-refractivity contribution is -0.145. The first-order valence-electron chi connectivity index (χ1n) is 6.91. The van der Waals surface area contributed by atoms with Gasteiger partial charge in [0.2, 0.25) is 5.88 Å². The molecule has 110 valence electrons. The van der Waals surface area contributed by atoms with Gasteiger partial charge in [0.1, 0.15) is 0 Å². The minimum absolute atomic E-state index is 0.0590. The number of carbonyl (C=O) groups excluding carboxylic acids is 1. The number of esters is 1. The maximum atomic E-state index is 11.6. The summed E-state index contributed by atoms with van der Waals surface area (Å²) in [7, 11) is 1.43. The summed E-state index contributed by atoms with van der Waals surface area (Å²) in [5, 5.41) is 0. The van der Waals surface area contributed by atoms with E-state index >= 15 is 0 Å². The van der Waals surface area contributed by atoms with Crippen LogP contribution < -0.4 is 9.64 Å². The molecule has 1 saturated heterocycles. The topological polar surface area (TPSA) is 64.5 Å². The molecule has 0 aromatic carbocycles. The fraction of sp³-hybridized carbons (Fsp3) is 0.643. The minimum atomic E-state index is -0.155. The molecule has 6 heteroatoms. The zero-order valence-electron chi connectivity index (χ0n) is 12.2. The zero-order valence-corrected chi connectivity index (χ0v) is 12.2. The van der Waals surface area contributed by atoms with Gasteiger partial charge in [-0.1, -0.05) is 0 Å². The van der Waals surface area contributed by atoms with Crippen LogP contribution in [0.4, 0.5) is 5.82 Å². The normalized spacial score (nSPS) is 19.0. The molecule has 1 aromatic rings. The van der Waals surface area contributed by atoms with Crippen molar-refractivity contribution in [2.45, 2.75) is 32.8 Å². The lowest BCUT2D eigenvalue weighted by Gasteiger charge is -2.32. The summed E-state index contributed by atoms with van der Waals surface area (Å²) in [6.45, 7) is 5.38. The average Bonchev–Trinajstić information content (AvgIpc) is 2.46. The number of aromatic nitrogens is 2. The first kappa shape index (κ1) is 14.6. The van der Waals surface area contributed by atoms with Crippen molar-refractivity contribution in [3.8, 4) is 5.88 Å². The molecular formula is C14H21N3O3. The van der Waals surface area contributed by atoms with Crippen LogP contribution in [0.2, 0.25) is 0 Å². The van der Waals surface area contributed by atoms with E-state index < -0.39 is 0 Å². The first-order chi connectivity index (χ1) is 9.60. The van der Waals surface area contributed by atoms with E-state index in [1.54, 1.807) is 12.4 Å². The Balaban J connectivity index is 2.08. The second kappa shape index (κ2) is 6.54. The fourth-order valence-electron chi connectivity index (χ4n) is 2.33. The molecule has 1 atom stereocenters. The third-order valence-electron chi connectivity index (χ3n) is 3.24. The van der Waals surface area contributed by atoms with Crippen LogP contribution in [0.1, 0.15) is 26.7 Å². The molecule has 1 aliphatic rings. The highest BCUT2D eigenvalue weighted by Crippen LogP contribution is 2.23. The summed E-state index contributed by atoms with van der Waals surface area (Å²) >= 11 is 0. The SMILES string of the molecule is COC(=O)C1CCCN(c2cncc(OC(C)C)n2)C1. The molecule has 1 unspecified atom stereocenters. The van der Waals surface area contributed by atoms with Crippen molar-refractivity contribution in [3.63, 3.8) is 0 Å². The van der Waals surface area contributed by atoms with Crippen LogP contribution in [0.25, 0.3) is 0 Å². The van der Waals surface area contributed by atoms with Gasteiger partial charge in [-0.3, -0.25) is 9.78 Å². The predicted molar refractivity (Wildman–Crippen MR) is 74.7 cm³/mol. The van der Waals surface area contributed by atoms with E-state index in [2.05, 4.69) is 14.9 Å². The van der Waals surface area contributed by atoms with Crippen LogP contribution in [0.15, 0.2) is 12.4 Å². The molecule has 0 spiro atoms. The quantitative estimate of drug-likeness (QED) is 0.781. The van der Waals surface area contributed by atoms with Gasteiger partial charge in [-0.05, 0) is 26.7 Å². The van der Waals surface area contributed by atoms with Gasteiger partial charge in [0.25, 0.3) is 0 Å². The van der Waals surface area contributed by atoms with Gasteiger partial charge in [0.15, 0.2) is 5.82 Å². The molecule has 6 nitrogen and oxygen atoms in total. The largest absolute Gasteiger partial charge is 0.474 e. The highest BCUT2D eigenvalue weighted by Gasteiger charge is 2.27. The first-order valence-corrected chi connectivity index (χ1v) is 6.91. The molecule has 0 aliphatic carbocycles. The minimum Gasteiger partial charge on any atom is -0.474 e. The van der Waals surface area contributed by atoms with E-state index in [0.717, 1.165) is 25.2 Å². The number of hydrogen-bond acceptors (Lipinski definition) is 6. The van der Waals surface area contributed by atoms with E-state index in [1.807, 2.05) is 13.8 Å². The van der Waals surface area contributed by atoms with Crippen LogP contribution in [-0.2, 0) is 9.53 Å². The Kier molecular flexibility index (Phi) is 4.76. The molecule has 0 bridgehead atoms. The number of methoxy groups -OCH3 is 1. The third-order valence-corrected chi connectivity index (χ3v) is 3.24. The van der Waals surface area contributed by atoms with Crippen LogP contribution >= 0.6 is 0 Å². The summed E-state index contributed by atoms with van der Waals surface area (Å²) in [5.41, 5.74) is 0. The van der Waals surface area contributed by atoms with E-state index in [4.69, 9.17) is 9.47 Å². The molecule has 2 heterocycles. The van der Waals surface area contributed by atoms with Crippen molar-refractivity contribution in [1.82, 2.24) is 9.97 Å². The predicted octanol–water partition coefficient (Wildman–Crippen LogP) is 1.65. The Morgan fingerprint density at radius 1 is 1.45 bits per heavy atom. The van der Waals surface area contributed by atoms with Crippen molar-refractivity contribution in [1.29, 1.82) is 0 Å². The molecule has 1 aliphatic heterocycles. The van der Waals surface area contributed by atoms with Gasteiger partial charge >= 0.3 is 5.97 Å². The Labute approximate surface area is 119 Å². The summed E-state index contributed by atoms with van der Waals surface area (Å²) in [6, 6.07) is 0. The third kappa shape index (κ3) is 3.59. The monoisotopic (exact) mass is 279 g/mol. The summed E-state index contributed by atoms with van der Waals surface area (Å²) in [4.78, 5) is 22.3. The number of anilines is 1. The number of carbonyl (C=O) groups is 1. The Morgan fingerprint density at radius 3 is 2.95 bits per heavy atom. The van der Waals surface area contributed by atoms with E-state index in [-0.39, 0.29) is 18.0 Å².